The van der Waals surface area contributed by atoms with Gasteiger partial charge in [0.2, 0.25) is 0 Å². The Hall–Kier alpha value is -4.11. The summed E-state index contributed by atoms with van der Waals surface area (Å²) in [6.07, 6.45) is 15.6. The van der Waals surface area contributed by atoms with Gasteiger partial charge < -0.3 is 30.1 Å². The zero-order valence-electron chi connectivity index (χ0n) is 31.2. The first-order valence-electron chi connectivity index (χ1n) is 18.3. The molecule has 4 N–H and O–H groups in total. The van der Waals surface area contributed by atoms with Crippen LogP contribution in [0.2, 0.25) is 0 Å². The molecule has 2 aromatic carbocycles. The molecule has 0 bridgehead atoms. The highest BCUT2D eigenvalue weighted by Gasteiger charge is 2.30. The number of unbranched alkanes of at least 4 members (excludes halogenated alkanes) is 6. The monoisotopic (exact) mass is 786 g/mol. The third kappa shape index (κ3) is 19.3. The van der Waals surface area contributed by atoms with Crippen LogP contribution in [0.4, 0.5) is 0 Å². The molecule has 2 aliphatic heterocycles. The predicted octanol–water partition coefficient (Wildman–Crippen LogP) is 7.27. The molecule has 0 radical (unpaired) electrons. The third-order valence-electron chi connectivity index (χ3n) is 8.63. The number of piperazine rings is 1. The molecule has 54 heavy (non-hydrogen) atoms. The molecule has 1 unspecified atom stereocenters. The van der Waals surface area contributed by atoms with Crippen molar-refractivity contribution in [3.63, 3.8) is 0 Å². The summed E-state index contributed by atoms with van der Waals surface area (Å²) in [5.74, 6) is -5.04. The zero-order chi connectivity index (χ0) is 39.7. The average molecular weight is 787 g/mol. The van der Waals surface area contributed by atoms with Crippen molar-refractivity contribution in [3.05, 3.63) is 77.9 Å². The molecule has 1 fully saturated rings. The van der Waals surface area contributed by atoms with Gasteiger partial charge in [0.05, 0.1) is 6.61 Å². The summed E-state index contributed by atoms with van der Waals surface area (Å²) in [6.45, 7) is 8.12. The third-order valence-corrected chi connectivity index (χ3v) is 10.6. The van der Waals surface area contributed by atoms with Gasteiger partial charge in [-0.1, -0.05) is 75.4 Å². The molecule has 1 saturated heterocycles. The molecule has 2 heterocycles. The van der Waals surface area contributed by atoms with Gasteiger partial charge in [-0.3, -0.25) is 9.69 Å². The Kier molecular flexibility index (Phi) is 22.7. The molecule has 2 aliphatic rings. The van der Waals surface area contributed by atoms with Crippen LogP contribution in [0, 0.1) is 0 Å². The SMILES string of the molecule is CCCCCCCCCC(=O)OCCCN1CCN(C2Cc3ccccc3Sc3ccc(SC)cc32)CC1.O=C(O)/C=C/C(=O)O.O=C(O)/C=C/C(=O)O. The summed E-state index contributed by atoms with van der Waals surface area (Å²) >= 11 is 3.76. The van der Waals surface area contributed by atoms with Crippen LogP contribution in [0.25, 0.3) is 0 Å². The van der Waals surface area contributed by atoms with Crippen LogP contribution in [0.5, 0.6) is 0 Å². The Morgan fingerprint density at radius 2 is 1.33 bits per heavy atom. The van der Waals surface area contributed by atoms with Crippen LogP contribution in [0.1, 0.15) is 81.9 Å². The molecule has 12 nitrogen and oxygen atoms in total. The van der Waals surface area contributed by atoms with Gasteiger partial charge in [0.25, 0.3) is 0 Å². The Morgan fingerprint density at radius 1 is 0.759 bits per heavy atom. The molecule has 0 saturated carbocycles. The number of carboxylic acid groups (broad SMARTS) is 4. The first kappa shape index (κ1) is 46.0. The van der Waals surface area contributed by atoms with Gasteiger partial charge in [-0.05, 0) is 60.9 Å². The van der Waals surface area contributed by atoms with E-state index in [0.717, 1.165) is 58.4 Å². The molecule has 2 aromatic rings. The van der Waals surface area contributed by atoms with E-state index in [4.69, 9.17) is 25.2 Å². The summed E-state index contributed by atoms with van der Waals surface area (Å²) in [7, 11) is 0. The molecular weight excluding hydrogens is 733 g/mol. The minimum Gasteiger partial charge on any atom is -0.478 e. The predicted molar refractivity (Wildman–Crippen MR) is 210 cm³/mol. The highest BCUT2D eigenvalue weighted by atomic mass is 32.2. The van der Waals surface area contributed by atoms with Crippen molar-refractivity contribution in [2.24, 2.45) is 0 Å². The number of benzene rings is 2. The minimum atomic E-state index is -1.26. The Bertz CT molecular complexity index is 1490. The number of nitrogens with zero attached hydrogens (tertiary/aromatic N) is 2. The van der Waals surface area contributed by atoms with Crippen LogP contribution in [0.3, 0.4) is 0 Å². The Labute approximate surface area is 326 Å². The number of fused-ring (bicyclic) bond motifs is 2. The molecule has 296 valence electrons. The number of hydrogen-bond donors (Lipinski definition) is 4. The maximum atomic E-state index is 12.1. The van der Waals surface area contributed by atoms with E-state index in [1.54, 1.807) is 0 Å². The molecule has 0 aromatic heterocycles. The van der Waals surface area contributed by atoms with Gasteiger partial charge in [0.1, 0.15) is 0 Å². The first-order valence-corrected chi connectivity index (χ1v) is 20.3. The second-order valence-corrected chi connectivity index (χ2v) is 14.6. The smallest absolute Gasteiger partial charge is 0.328 e. The molecule has 0 aliphatic carbocycles. The van der Waals surface area contributed by atoms with E-state index in [1.165, 1.54) is 57.9 Å². The number of ether oxygens (including phenoxy) is 1. The van der Waals surface area contributed by atoms with Crippen molar-refractivity contribution in [1.29, 1.82) is 0 Å². The quantitative estimate of drug-likeness (QED) is 0.0512. The van der Waals surface area contributed by atoms with E-state index in [0.29, 0.717) is 43.4 Å². The van der Waals surface area contributed by atoms with E-state index < -0.39 is 23.9 Å². The Balaban J connectivity index is 0.000000526. The normalized spacial score (nSPS) is 15.5. The highest BCUT2D eigenvalue weighted by molar-refractivity contribution is 7.99. The minimum absolute atomic E-state index is 0.0156. The standard InChI is InChI=1S/C32H46N2O2S2.2C4H4O4/c1-3-4-5-6-7-8-9-15-32(35)36-23-12-18-33-19-21-34(22-20-33)29-24-26-13-10-11-14-30(26)38-31-17-16-27(37-2)25-28(29)31;2*5-3(6)1-2-4(7)8/h10-11,13-14,16-17,25,29H,3-9,12,15,18-24H2,1-2H3;2*1-2H,(H,5,6)(H,7,8)/b;2*2-1+. The van der Waals surface area contributed by atoms with Gasteiger partial charge in [-0.15, -0.1) is 11.8 Å². The summed E-state index contributed by atoms with van der Waals surface area (Å²) < 4.78 is 5.52. The van der Waals surface area contributed by atoms with Crippen LogP contribution in [-0.4, -0.2) is 106 Å². The summed E-state index contributed by atoms with van der Waals surface area (Å²) in [4.78, 5) is 59.7. The van der Waals surface area contributed by atoms with E-state index in [2.05, 4.69) is 65.4 Å². The van der Waals surface area contributed by atoms with Crippen LogP contribution in [-0.2, 0) is 35.1 Å². The fourth-order valence-corrected chi connectivity index (χ4v) is 7.46. The van der Waals surface area contributed by atoms with E-state index >= 15 is 0 Å². The van der Waals surface area contributed by atoms with Gasteiger partial charge in [-0.2, -0.15) is 0 Å². The molecule has 1 atom stereocenters. The lowest BCUT2D eigenvalue weighted by molar-refractivity contribution is -0.144. The van der Waals surface area contributed by atoms with Crippen molar-refractivity contribution in [1.82, 2.24) is 9.80 Å². The fraction of sp³-hybridized carbons (Fsp3) is 0.475. The maximum Gasteiger partial charge on any atom is 0.328 e. The van der Waals surface area contributed by atoms with Gasteiger partial charge in [0.15, 0.2) is 0 Å². The van der Waals surface area contributed by atoms with Crippen molar-refractivity contribution in [2.45, 2.75) is 91.9 Å². The van der Waals surface area contributed by atoms with Gasteiger partial charge >= 0.3 is 29.8 Å². The number of aliphatic carboxylic acids is 4. The van der Waals surface area contributed by atoms with Crippen molar-refractivity contribution in [3.8, 4) is 0 Å². The van der Waals surface area contributed by atoms with Crippen molar-refractivity contribution in [2.75, 3.05) is 45.6 Å². The molecule has 4 rings (SSSR count). The summed E-state index contributed by atoms with van der Waals surface area (Å²) in [5, 5.41) is 31.2. The van der Waals surface area contributed by atoms with E-state index in [9.17, 15) is 24.0 Å². The second-order valence-electron chi connectivity index (χ2n) is 12.7. The van der Waals surface area contributed by atoms with Crippen LogP contribution in [0.15, 0.2) is 81.5 Å². The molecule has 14 heteroatoms. The number of rotatable bonds is 18. The number of carbonyl (C=O) groups excluding carboxylic acids is 1. The maximum absolute atomic E-state index is 12.1. The summed E-state index contributed by atoms with van der Waals surface area (Å²) in [6, 6.07) is 16.4. The average Bonchev–Trinajstić information content (AvgIpc) is 3.32. The number of thioether (sulfide) groups is 1. The lowest BCUT2D eigenvalue weighted by Crippen LogP contribution is -2.48. The van der Waals surface area contributed by atoms with Gasteiger partial charge in [0, 0.05) is 84.2 Å². The first-order chi connectivity index (χ1) is 25.9. The molecule has 0 amide bonds. The lowest BCUT2D eigenvalue weighted by atomic mass is 9.96. The Morgan fingerprint density at radius 3 is 1.91 bits per heavy atom. The number of carboxylic acids is 4. The fourth-order valence-electron chi connectivity index (χ4n) is 5.90. The largest absolute Gasteiger partial charge is 0.478 e. The number of hydrogen-bond acceptors (Lipinski definition) is 10. The zero-order valence-corrected chi connectivity index (χ0v) is 32.8. The van der Waals surface area contributed by atoms with Crippen molar-refractivity contribution >= 4 is 53.4 Å². The van der Waals surface area contributed by atoms with E-state index in [1.807, 2.05) is 23.5 Å². The highest BCUT2D eigenvalue weighted by Crippen LogP contribution is 2.44. The summed E-state index contributed by atoms with van der Waals surface area (Å²) in [5.41, 5.74) is 2.95. The molecule has 0 spiro atoms. The van der Waals surface area contributed by atoms with E-state index in [-0.39, 0.29) is 5.97 Å². The topological polar surface area (TPSA) is 182 Å². The lowest BCUT2D eigenvalue weighted by Gasteiger charge is -2.39. The van der Waals surface area contributed by atoms with Crippen LogP contribution >= 0.6 is 23.5 Å². The van der Waals surface area contributed by atoms with Crippen molar-refractivity contribution < 1.29 is 49.1 Å². The number of carbonyl (C=O) groups is 5. The molecular formula is C40H54N2O10S2. The van der Waals surface area contributed by atoms with Crippen LogP contribution < -0.4 is 0 Å². The van der Waals surface area contributed by atoms with Gasteiger partial charge in [-0.25, -0.2) is 19.2 Å². The second kappa shape index (κ2) is 26.6. The number of esters is 1.